The van der Waals surface area contributed by atoms with Gasteiger partial charge in [0, 0.05) is 51.4 Å². The van der Waals surface area contributed by atoms with Crippen LogP contribution in [0, 0.1) is 0 Å². The van der Waals surface area contributed by atoms with E-state index < -0.39 is 0 Å². The van der Waals surface area contributed by atoms with Crippen LogP contribution >= 0.6 is 24.0 Å². The maximum absolute atomic E-state index is 12.6. The number of halogens is 1. The zero-order valence-electron chi connectivity index (χ0n) is 19.8. The van der Waals surface area contributed by atoms with Crippen molar-refractivity contribution in [2.24, 2.45) is 4.99 Å². The number of hydrogen-bond donors (Lipinski definition) is 2. The molecule has 0 aliphatic carbocycles. The molecule has 0 spiro atoms. The molecule has 2 amide bonds. The van der Waals surface area contributed by atoms with Gasteiger partial charge in [0.2, 0.25) is 0 Å². The third kappa shape index (κ3) is 8.13. The third-order valence-electron chi connectivity index (χ3n) is 5.87. The number of benzene rings is 1. The lowest BCUT2D eigenvalue weighted by Crippen LogP contribution is -2.55. The molecule has 33 heavy (non-hydrogen) atoms. The van der Waals surface area contributed by atoms with Gasteiger partial charge < -0.3 is 25.2 Å². The van der Waals surface area contributed by atoms with Crippen molar-refractivity contribution >= 4 is 41.8 Å². The Morgan fingerprint density at radius 3 is 2.36 bits per heavy atom. The highest BCUT2D eigenvalue weighted by molar-refractivity contribution is 14.0. The Labute approximate surface area is 214 Å². The van der Waals surface area contributed by atoms with Crippen LogP contribution in [0.5, 0.6) is 0 Å². The fourth-order valence-corrected chi connectivity index (χ4v) is 3.95. The first-order chi connectivity index (χ1) is 15.6. The summed E-state index contributed by atoms with van der Waals surface area (Å²) in [4.78, 5) is 33.6. The highest BCUT2D eigenvalue weighted by Gasteiger charge is 2.30. The second-order valence-corrected chi connectivity index (χ2v) is 8.29. The molecule has 2 aliphatic heterocycles. The van der Waals surface area contributed by atoms with Crippen molar-refractivity contribution in [3.63, 3.8) is 0 Å². The summed E-state index contributed by atoms with van der Waals surface area (Å²) in [6, 6.07) is 7.63. The number of aliphatic imine (C=N–C) groups is 1. The summed E-state index contributed by atoms with van der Waals surface area (Å²) in [7, 11) is 0. The predicted molar refractivity (Wildman–Crippen MR) is 141 cm³/mol. The Hall–Kier alpha value is -1.88. The van der Waals surface area contributed by atoms with Crippen LogP contribution in [0.15, 0.2) is 29.3 Å². The molecule has 8 nitrogen and oxygen atoms in total. The van der Waals surface area contributed by atoms with E-state index in [2.05, 4.69) is 29.4 Å². The van der Waals surface area contributed by atoms with Crippen LogP contribution in [-0.4, -0.2) is 79.6 Å². The molecule has 2 N–H and O–H groups in total. The molecule has 1 aromatic rings. The first-order valence-corrected chi connectivity index (χ1v) is 11.9. The number of nitrogens with one attached hydrogen (secondary N) is 2. The third-order valence-corrected chi connectivity index (χ3v) is 5.87. The van der Waals surface area contributed by atoms with Crippen molar-refractivity contribution in [3.05, 3.63) is 35.4 Å². The molecule has 9 heteroatoms. The first kappa shape index (κ1) is 27.4. The molecular formula is C24H38IN5O3. The number of unbranched alkanes of at least 4 members (excludes halogenated alkanes) is 1. The summed E-state index contributed by atoms with van der Waals surface area (Å²) in [6.45, 7) is 9.75. The Bertz CT molecular complexity index is 773. The van der Waals surface area contributed by atoms with Crippen LogP contribution in [0.3, 0.4) is 0 Å². The van der Waals surface area contributed by atoms with Gasteiger partial charge in [-0.25, -0.2) is 4.99 Å². The van der Waals surface area contributed by atoms with Gasteiger partial charge in [-0.05, 0) is 43.9 Å². The molecule has 0 radical (unpaired) electrons. The number of hydrogen-bond acceptors (Lipinski definition) is 4. The number of ether oxygens (including phenoxy) is 1. The predicted octanol–water partition coefficient (Wildman–Crippen LogP) is 2.62. The SMILES string of the molecule is CCCCNC(=O)c1ccc(CN=C(NCC)N2CCN(C(=O)C3CCCO3)CC2)cc1.I. The van der Waals surface area contributed by atoms with Crippen molar-refractivity contribution in [1.29, 1.82) is 0 Å². The minimum atomic E-state index is -0.250. The summed E-state index contributed by atoms with van der Waals surface area (Å²) >= 11 is 0. The molecule has 3 rings (SSSR count). The zero-order chi connectivity index (χ0) is 22.8. The molecule has 1 atom stereocenters. The summed E-state index contributed by atoms with van der Waals surface area (Å²) in [5, 5.41) is 6.30. The van der Waals surface area contributed by atoms with Gasteiger partial charge in [-0.1, -0.05) is 25.5 Å². The maximum Gasteiger partial charge on any atom is 0.251 e. The monoisotopic (exact) mass is 571 g/mol. The van der Waals surface area contributed by atoms with E-state index in [0.29, 0.717) is 38.3 Å². The van der Waals surface area contributed by atoms with Gasteiger partial charge in [0.15, 0.2) is 5.96 Å². The van der Waals surface area contributed by atoms with E-state index in [1.165, 1.54) is 0 Å². The molecule has 0 bridgehead atoms. The van der Waals surface area contributed by atoms with Crippen LogP contribution in [0.1, 0.15) is 55.5 Å². The molecular weight excluding hydrogens is 533 g/mol. The van der Waals surface area contributed by atoms with E-state index >= 15 is 0 Å². The number of piperazine rings is 1. The molecule has 184 valence electrons. The first-order valence-electron chi connectivity index (χ1n) is 11.9. The second kappa shape index (κ2) is 14.4. The largest absolute Gasteiger partial charge is 0.368 e. The zero-order valence-corrected chi connectivity index (χ0v) is 22.2. The number of amides is 2. The van der Waals surface area contributed by atoms with Crippen molar-refractivity contribution in [2.45, 2.75) is 52.2 Å². The summed E-state index contributed by atoms with van der Waals surface area (Å²) in [5.74, 6) is 0.957. The van der Waals surface area contributed by atoms with Crippen LogP contribution in [0.4, 0.5) is 0 Å². The van der Waals surface area contributed by atoms with E-state index in [9.17, 15) is 9.59 Å². The highest BCUT2D eigenvalue weighted by atomic mass is 127. The molecule has 0 saturated carbocycles. The van der Waals surface area contributed by atoms with Gasteiger partial charge in [-0.2, -0.15) is 0 Å². The molecule has 1 unspecified atom stereocenters. The van der Waals surface area contributed by atoms with Crippen molar-refractivity contribution in [1.82, 2.24) is 20.4 Å². The van der Waals surface area contributed by atoms with E-state index in [0.717, 1.165) is 56.8 Å². The Kier molecular flexibility index (Phi) is 11.9. The maximum atomic E-state index is 12.6. The van der Waals surface area contributed by atoms with E-state index in [4.69, 9.17) is 9.73 Å². The van der Waals surface area contributed by atoms with Crippen molar-refractivity contribution in [3.8, 4) is 0 Å². The lowest BCUT2D eigenvalue weighted by molar-refractivity contribution is -0.142. The van der Waals surface area contributed by atoms with Gasteiger partial charge >= 0.3 is 0 Å². The normalized spacial score (nSPS) is 18.6. The average Bonchev–Trinajstić information content (AvgIpc) is 3.37. The lowest BCUT2D eigenvalue weighted by atomic mass is 10.1. The summed E-state index contributed by atoms with van der Waals surface area (Å²) in [5.41, 5.74) is 1.73. The number of nitrogens with zero attached hydrogens (tertiary/aromatic N) is 3. The molecule has 1 aromatic carbocycles. The fraction of sp³-hybridized carbons (Fsp3) is 0.625. The van der Waals surface area contributed by atoms with Gasteiger partial charge in [-0.3, -0.25) is 9.59 Å². The van der Waals surface area contributed by atoms with Gasteiger partial charge in [0.1, 0.15) is 6.10 Å². The minimum Gasteiger partial charge on any atom is -0.368 e. The van der Waals surface area contributed by atoms with E-state index in [-0.39, 0.29) is 41.9 Å². The Balaban J connectivity index is 0.00000385. The molecule has 2 saturated heterocycles. The van der Waals surface area contributed by atoms with Crippen molar-refractivity contribution in [2.75, 3.05) is 45.9 Å². The van der Waals surface area contributed by atoms with Crippen LogP contribution in [-0.2, 0) is 16.1 Å². The summed E-state index contributed by atoms with van der Waals surface area (Å²) in [6.07, 6.45) is 3.61. The van der Waals surface area contributed by atoms with Crippen LogP contribution in [0.2, 0.25) is 0 Å². The molecule has 2 fully saturated rings. The number of carbonyl (C=O) groups excluding carboxylic acids is 2. The van der Waals surface area contributed by atoms with E-state index in [1.807, 2.05) is 29.2 Å². The standard InChI is InChI=1S/C24H37N5O3.HI/c1-3-5-12-26-22(30)20-10-8-19(9-11-20)18-27-24(25-4-2)29-15-13-28(14-16-29)23(31)21-7-6-17-32-21;/h8-11,21H,3-7,12-18H2,1-2H3,(H,25,27)(H,26,30);1H. The molecule has 0 aromatic heterocycles. The number of rotatable bonds is 8. The van der Waals surface area contributed by atoms with E-state index in [1.54, 1.807) is 0 Å². The summed E-state index contributed by atoms with van der Waals surface area (Å²) < 4.78 is 5.55. The van der Waals surface area contributed by atoms with Gasteiger partial charge in [0.25, 0.3) is 11.8 Å². The minimum absolute atomic E-state index is 0. The smallest absolute Gasteiger partial charge is 0.251 e. The van der Waals surface area contributed by atoms with Gasteiger partial charge in [0.05, 0.1) is 6.54 Å². The lowest BCUT2D eigenvalue weighted by Gasteiger charge is -2.37. The average molecular weight is 572 g/mol. The fourth-order valence-electron chi connectivity index (χ4n) is 3.95. The quantitative estimate of drug-likeness (QED) is 0.217. The molecule has 2 aliphatic rings. The van der Waals surface area contributed by atoms with Crippen LogP contribution in [0.25, 0.3) is 0 Å². The topological polar surface area (TPSA) is 86.3 Å². The van der Waals surface area contributed by atoms with Crippen molar-refractivity contribution < 1.29 is 14.3 Å². The van der Waals surface area contributed by atoms with Gasteiger partial charge in [-0.15, -0.1) is 24.0 Å². The highest BCUT2D eigenvalue weighted by Crippen LogP contribution is 2.16. The second-order valence-electron chi connectivity index (χ2n) is 8.29. The Morgan fingerprint density at radius 2 is 1.76 bits per heavy atom. The van der Waals surface area contributed by atoms with Crippen LogP contribution < -0.4 is 10.6 Å². The Morgan fingerprint density at radius 1 is 1.06 bits per heavy atom. The number of guanidine groups is 1. The number of carbonyl (C=O) groups is 2. The molecule has 2 heterocycles.